The van der Waals surface area contributed by atoms with Gasteiger partial charge in [0.2, 0.25) is 0 Å². The second kappa shape index (κ2) is 9.17. The topological polar surface area (TPSA) is 93.7 Å². The van der Waals surface area contributed by atoms with E-state index >= 15 is 0 Å². The highest BCUT2D eigenvalue weighted by atomic mass is 16.6. The van der Waals surface area contributed by atoms with Gasteiger partial charge >= 0.3 is 6.09 Å². The number of carbonyl (C=O) groups is 2. The van der Waals surface area contributed by atoms with Gasteiger partial charge < -0.3 is 19.7 Å². The smallest absolute Gasteiger partial charge is 0.410 e. The minimum atomic E-state index is -0.777. The molecular weight excluding hydrogens is 444 g/mol. The van der Waals surface area contributed by atoms with Crippen molar-refractivity contribution in [1.82, 2.24) is 20.2 Å². The Kier molecular flexibility index (Phi) is 6.40. The van der Waals surface area contributed by atoms with Gasteiger partial charge in [0.1, 0.15) is 12.2 Å². The summed E-state index contributed by atoms with van der Waals surface area (Å²) in [5.74, 6) is 0.0128. The van der Waals surface area contributed by atoms with Crippen LogP contribution in [0, 0.1) is 6.92 Å². The van der Waals surface area contributed by atoms with Gasteiger partial charge in [-0.1, -0.05) is 24.3 Å². The highest BCUT2D eigenvalue weighted by Crippen LogP contribution is 2.30. The summed E-state index contributed by atoms with van der Waals surface area (Å²) in [6.07, 6.45) is 1.14. The number of hydrogen-bond acceptors (Lipinski definition) is 6. The van der Waals surface area contributed by atoms with E-state index in [-0.39, 0.29) is 24.8 Å². The molecule has 8 nitrogen and oxygen atoms in total. The number of nitrogens with zero attached hydrogens (tertiary/aromatic N) is 3. The summed E-state index contributed by atoms with van der Waals surface area (Å²) in [6.45, 7) is 12.1. The number of aryl methyl sites for hydroxylation is 1. The SMILES string of the molecule is Cc1cc2ccccc2c(C(C)(C)NC(=O)c2nccc3c2OCCN(C(=O)OC(C)(C)C)C3)n1. The van der Waals surface area contributed by atoms with Crippen LogP contribution in [0.2, 0.25) is 0 Å². The minimum absolute atomic E-state index is 0.179. The monoisotopic (exact) mass is 476 g/mol. The van der Waals surface area contributed by atoms with E-state index in [4.69, 9.17) is 14.5 Å². The summed E-state index contributed by atoms with van der Waals surface area (Å²) < 4.78 is 11.4. The molecule has 0 aliphatic carbocycles. The Balaban J connectivity index is 1.61. The normalized spacial score (nSPS) is 14.1. The number of amides is 2. The number of ether oxygens (including phenoxy) is 2. The Hall–Kier alpha value is -3.68. The van der Waals surface area contributed by atoms with Crippen molar-refractivity contribution in [2.24, 2.45) is 0 Å². The van der Waals surface area contributed by atoms with Crippen LogP contribution in [0.3, 0.4) is 0 Å². The summed E-state index contributed by atoms with van der Waals surface area (Å²) in [5, 5.41) is 5.14. The lowest BCUT2D eigenvalue weighted by molar-refractivity contribution is 0.0225. The second-order valence-corrected chi connectivity index (χ2v) is 10.3. The number of pyridine rings is 2. The first-order valence-electron chi connectivity index (χ1n) is 11.7. The summed E-state index contributed by atoms with van der Waals surface area (Å²) in [7, 11) is 0. The molecule has 0 spiro atoms. The quantitative estimate of drug-likeness (QED) is 0.587. The van der Waals surface area contributed by atoms with Gasteiger partial charge in [0, 0.05) is 22.8 Å². The summed E-state index contributed by atoms with van der Waals surface area (Å²) >= 11 is 0. The van der Waals surface area contributed by atoms with Crippen molar-refractivity contribution >= 4 is 22.8 Å². The molecule has 35 heavy (non-hydrogen) atoms. The average Bonchev–Trinajstić information content (AvgIpc) is 2.99. The Morgan fingerprint density at radius 3 is 2.60 bits per heavy atom. The molecule has 2 amide bonds. The van der Waals surface area contributed by atoms with E-state index < -0.39 is 17.2 Å². The highest BCUT2D eigenvalue weighted by Gasteiger charge is 2.32. The molecule has 0 fully saturated rings. The van der Waals surface area contributed by atoms with E-state index in [0.717, 1.165) is 22.2 Å². The first kappa shape index (κ1) is 24.4. The third-order valence-corrected chi connectivity index (χ3v) is 5.71. The van der Waals surface area contributed by atoms with Gasteiger partial charge in [-0.15, -0.1) is 0 Å². The van der Waals surface area contributed by atoms with Crippen LogP contribution >= 0.6 is 0 Å². The zero-order valence-electron chi connectivity index (χ0n) is 21.1. The third kappa shape index (κ3) is 5.37. The summed E-state index contributed by atoms with van der Waals surface area (Å²) in [4.78, 5) is 36.7. The van der Waals surface area contributed by atoms with Crippen LogP contribution < -0.4 is 10.1 Å². The van der Waals surface area contributed by atoms with Gasteiger partial charge in [-0.2, -0.15) is 0 Å². The van der Waals surface area contributed by atoms with Crippen LogP contribution in [0.15, 0.2) is 42.6 Å². The van der Waals surface area contributed by atoms with Gasteiger partial charge in [-0.25, -0.2) is 9.78 Å². The fourth-order valence-electron chi connectivity index (χ4n) is 4.17. The largest absolute Gasteiger partial charge is 0.489 e. The predicted octanol–water partition coefficient (Wildman–Crippen LogP) is 4.73. The van der Waals surface area contributed by atoms with E-state index in [9.17, 15) is 9.59 Å². The van der Waals surface area contributed by atoms with E-state index in [1.807, 2.05) is 71.9 Å². The molecule has 1 aliphatic heterocycles. The fraction of sp³-hybridized carbons (Fsp3) is 0.407. The van der Waals surface area contributed by atoms with Gasteiger partial charge in [-0.05, 0) is 59.1 Å². The molecule has 0 saturated heterocycles. The maximum atomic E-state index is 13.5. The van der Waals surface area contributed by atoms with Crippen LogP contribution in [0.4, 0.5) is 4.79 Å². The van der Waals surface area contributed by atoms with Crippen molar-refractivity contribution in [1.29, 1.82) is 0 Å². The molecule has 1 N–H and O–H groups in total. The van der Waals surface area contributed by atoms with Crippen molar-refractivity contribution in [3.05, 3.63) is 65.2 Å². The number of aromatic nitrogens is 2. The average molecular weight is 477 g/mol. The molecule has 2 aromatic heterocycles. The predicted molar refractivity (Wildman–Crippen MR) is 133 cm³/mol. The van der Waals surface area contributed by atoms with Gasteiger partial charge in [0.05, 0.1) is 24.3 Å². The zero-order valence-corrected chi connectivity index (χ0v) is 21.1. The van der Waals surface area contributed by atoms with Crippen LogP contribution in [-0.2, 0) is 16.8 Å². The number of benzene rings is 1. The van der Waals surface area contributed by atoms with Crippen molar-refractivity contribution in [3.63, 3.8) is 0 Å². The van der Waals surface area contributed by atoms with E-state index in [0.29, 0.717) is 17.9 Å². The number of rotatable bonds is 3. The number of nitrogens with one attached hydrogen (secondary N) is 1. The second-order valence-electron chi connectivity index (χ2n) is 10.3. The van der Waals surface area contributed by atoms with Crippen LogP contribution in [0.1, 0.15) is 62.1 Å². The van der Waals surface area contributed by atoms with Gasteiger partial charge in [0.15, 0.2) is 11.4 Å². The molecule has 3 aromatic rings. The molecule has 3 heterocycles. The first-order valence-corrected chi connectivity index (χ1v) is 11.7. The Labute approximate surface area is 205 Å². The van der Waals surface area contributed by atoms with Crippen molar-refractivity contribution in [2.75, 3.05) is 13.2 Å². The van der Waals surface area contributed by atoms with Gasteiger partial charge in [0.25, 0.3) is 5.91 Å². The molecule has 0 radical (unpaired) electrons. The number of fused-ring (bicyclic) bond motifs is 2. The molecule has 4 rings (SSSR count). The maximum Gasteiger partial charge on any atom is 0.410 e. The summed E-state index contributed by atoms with van der Waals surface area (Å²) in [6, 6.07) is 11.8. The molecule has 8 heteroatoms. The lowest BCUT2D eigenvalue weighted by atomic mass is 9.94. The first-order chi connectivity index (χ1) is 16.4. The van der Waals surface area contributed by atoms with Crippen LogP contribution in [0.5, 0.6) is 5.75 Å². The third-order valence-electron chi connectivity index (χ3n) is 5.71. The van der Waals surface area contributed by atoms with Crippen molar-refractivity contribution in [2.45, 2.75) is 59.2 Å². The van der Waals surface area contributed by atoms with Crippen molar-refractivity contribution in [3.8, 4) is 5.75 Å². The minimum Gasteiger partial charge on any atom is -0.489 e. The fourth-order valence-corrected chi connectivity index (χ4v) is 4.17. The molecule has 1 aliphatic rings. The molecule has 0 saturated carbocycles. The Bertz CT molecular complexity index is 1280. The highest BCUT2D eigenvalue weighted by molar-refractivity contribution is 5.96. The lowest BCUT2D eigenvalue weighted by Gasteiger charge is -2.28. The van der Waals surface area contributed by atoms with Crippen LogP contribution in [0.25, 0.3) is 10.8 Å². The van der Waals surface area contributed by atoms with E-state index in [2.05, 4.69) is 10.3 Å². The lowest BCUT2D eigenvalue weighted by Crippen LogP contribution is -2.42. The zero-order chi connectivity index (χ0) is 25.4. The van der Waals surface area contributed by atoms with E-state index in [1.54, 1.807) is 17.2 Å². The number of carbonyl (C=O) groups excluding carboxylic acids is 2. The van der Waals surface area contributed by atoms with Gasteiger partial charge in [-0.3, -0.25) is 9.78 Å². The van der Waals surface area contributed by atoms with Crippen LogP contribution in [-0.4, -0.2) is 45.6 Å². The molecule has 0 atom stereocenters. The Morgan fingerprint density at radius 1 is 1.11 bits per heavy atom. The summed E-state index contributed by atoms with van der Waals surface area (Å²) in [5.41, 5.74) is 1.15. The van der Waals surface area contributed by atoms with Crippen molar-refractivity contribution < 1.29 is 19.1 Å². The van der Waals surface area contributed by atoms with E-state index in [1.165, 1.54) is 0 Å². The molecule has 1 aromatic carbocycles. The number of hydrogen-bond donors (Lipinski definition) is 1. The Morgan fingerprint density at radius 2 is 1.86 bits per heavy atom. The standard InChI is InChI=1S/C27H32N4O4/c1-17-15-18-9-7-8-10-20(18)23(29-17)27(5,6)30-24(32)21-22-19(11-12-28-21)16-31(13-14-34-22)25(33)35-26(2,3)4/h7-12,15H,13-14,16H2,1-6H3,(H,30,32). The molecular formula is C27H32N4O4. The molecule has 0 unspecified atom stereocenters. The molecule has 0 bridgehead atoms. The maximum absolute atomic E-state index is 13.5. The molecule has 184 valence electrons.